The summed E-state index contributed by atoms with van der Waals surface area (Å²) >= 11 is 1.17. The zero-order valence-electron chi connectivity index (χ0n) is 14.6. The van der Waals surface area contributed by atoms with E-state index >= 15 is 0 Å². The van der Waals surface area contributed by atoms with Crippen molar-refractivity contribution < 1.29 is 23.7 Å². The Kier molecular flexibility index (Phi) is 11.7. The van der Waals surface area contributed by atoms with Gasteiger partial charge in [-0.05, 0) is 20.1 Å². The van der Waals surface area contributed by atoms with E-state index in [-0.39, 0.29) is 17.8 Å². The van der Waals surface area contributed by atoms with Crippen LogP contribution in [0, 0.1) is 0 Å². The largest absolute Gasteiger partial charge is 0.377 e. The van der Waals surface area contributed by atoms with E-state index in [1.54, 1.807) is 12.5 Å². The highest BCUT2D eigenvalue weighted by Crippen LogP contribution is 2.00. The Morgan fingerprint density at radius 1 is 1.12 bits per heavy atom. The summed E-state index contributed by atoms with van der Waals surface area (Å²) in [5.41, 5.74) is 0.692. The van der Waals surface area contributed by atoms with Crippen LogP contribution >= 0.6 is 11.8 Å². The van der Waals surface area contributed by atoms with Crippen LogP contribution in [0.5, 0.6) is 0 Å². The van der Waals surface area contributed by atoms with Crippen LogP contribution in [-0.2, 0) is 36.9 Å². The summed E-state index contributed by atoms with van der Waals surface area (Å²) in [6.07, 6.45) is 3.69. The lowest BCUT2D eigenvalue weighted by molar-refractivity contribution is -0.111. The van der Waals surface area contributed by atoms with Crippen LogP contribution in [0.3, 0.4) is 0 Å². The molecule has 8 nitrogen and oxygen atoms in total. The predicted molar refractivity (Wildman–Crippen MR) is 90.9 cm³/mol. The molecule has 0 N–H and O–H groups in total. The van der Waals surface area contributed by atoms with Gasteiger partial charge in [0.1, 0.15) is 12.2 Å². The standard InChI is InChI=1S/C15H27N3O5S/c1-13(2)23-9-8-21-5-4-20-6-7-22-12-14-10-18(17-16-14)11-15(19)24-3/h10,13H,4-9,11-12H2,1-3H3. The van der Waals surface area contributed by atoms with Gasteiger partial charge in [-0.2, -0.15) is 0 Å². The fraction of sp³-hybridized carbons (Fsp3) is 0.800. The molecule has 0 saturated heterocycles. The van der Waals surface area contributed by atoms with E-state index in [1.807, 2.05) is 13.8 Å². The van der Waals surface area contributed by atoms with Gasteiger partial charge in [-0.15, -0.1) is 5.10 Å². The normalized spacial score (nSPS) is 11.3. The van der Waals surface area contributed by atoms with Crippen LogP contribution in [0.25, 0.3) is 0 Å². The molecule has 9 heteroatoms. The second kappa shape index (κ2) is 13.3. The van der Waals surface area contributed by atoms with Gasteiger partial charge in [-0.3, -0.25) is 4.79 Å². The van der Waals surface area contributed by atoms with Crippen molar-refractivity contribution in [3.63, 3.8) is 0 Å². The zero-order valence-corrected chi connectivity index (χ0v) is 15.4. The first-order valence-corrected chi connectivity index (χ1v) is 9.15. The van der Waals surface area contributed by atoms with Gasteiger partial charge >= 0.3 is 0 Å². The van der Waals surface area contributed by atoms with E-state index in [0.717, 1.165) is 0 Å². The van der Waals surface area contributed by atoms with E-state index in [4.69, 9.17) is 18.9 Å². The molecule has 138 valence electrons. The highest BCUT2D eigenvalue weighted by atomic mass is 32.2. The minimum atomic E-state index is 0.0405. The molecule has 0 aromatic carbocycles. The molecule has 0 bridgehead atoms. The monoisotopic (exact) mass is 361 g/mol. The summed E-state index contributed by atoms with van der Waals surface area (Å²) < 4.78 is 23.1. The van der Waals surface area contributed by atoms with E-state index in [9.17, 15) is 4.79 Å². The molecule has 0 saturated carbocycles. The Hall–Kier alpha value is -1.00. The molecular formula is C15H27N3O5S. The van der Waals surface area contributed by atoms with Gasteiger partial charge in [-0.1, -0.05) is 17.0 Å². The first-order chi connectivity index (χ1) is 11.6. The minimum absolute atomic E-state index is 0.0405. The van der Waals surface area contributed by atoms with Crippen molar-refractivity contribution in [3.05, 3.63) is 11.9 Å². The number of carbonyl (C=O) groups is 1. The van der Waals surface area contributed by atoms with Crippen LogP contribution in [0.4, 0.5) is 0 Å². The Morgan fingerprint density at radius 2 is 1.75 bits per heavy atom. The van der Waals surface area contributed by atoms with Crippen molar-refractivity contribution in [2.24, 2.45) is 0 Å². The lowest BCUT2D eigenvalue weighted by atomic mass is 10.5. The van der Waals surface area contributed by atoms with E-state index < -0.39 is 0 Å². The highest BCUT2D eigenvalue weighted by Gasteiger charge is 2.05. The van der Waals surface area contributed by atoms with Gasteiger partial charge in [0.15, 0.2) is 0 Å². The first-order valence-electron chi connectivity index (χ1n) is 7.92. The molecule has 1 rings (SSSR count). The van der Waals surface area contributed by atoms with E-state index in [1.165, 1.54) is 16.4 Å². The summed E-state index contributed by atoms with van der Waals surface area (Å²) in [6, 6.07) is 0. The maximum Gasteiger partial charge on any atom is 0.210 e. The average molecular weight is 361 g/mol. The molecule has 0 aliphatic rings. The lowest BCUT2D eigenvalue weighted by Gasteiger charge is -2.08. The Balaban J connectivity index is 1.92. The third-order valence-corrected chi connectivity index (χ3v) is 3.36. The molecule has 0 unspecified atom stereocenters. The zero-order chi connectivity index (χ0) is 17.6. The minimum Gasteiger partial charge on any atom is -0.377 e. The third-order valence-electron chi connectivity index (χ3n) is 2.78. The molecule has 0 spiro atoms. The average Bonchev–Trinajstić information content (AvgIpc) is 2.99. The SMILES string of the molecule is CSC(=O)Cn1cc(COCCOCCOCCOC(C)C)nn1. The van der Waals surface area contributed by atoms with Gasteiger partial charge in [0.2, 0.25) is 5.12 Å². The molecule has 1 heterocycles. The number of thioether (sulfide) groups is 1. The molecule has 1 aromatic heterocycles. The second-order valence-electron chi connectivity index (χ2n) is 5.18. The molecule has 24 heavy (non-hydrogen) atoms. The predicted octanol–water partition coefficient (Wildman–Crippen LogP) is 1.14. The van der Waals surface area contributed by atoms with Crippen LogP contribution in [-0.4, -0.2) is 72.1 Å². The number of hydrogen-bond donors (Lipinski definition) is 0. The Labute approximate surface area is 147 Å². The van der Waals surface area contributed by atoms with Gasteiger partial charge in [0, 0.05) is 0 Å². The maximum absolute atomic E-state index is 11.3. The van der Waals surface area contributed by atoms with Crippen LogP contribution in [0.2, 0.25) is 0 Å². The van der Waals surface area contributed by atoms with Crippen molar-refractivity contribution in [1.29, 1.82) is 0 Å². The molecule has 0 aliphatic carbocycles. The van der Waals surface area contributed by atoms with E-state index in [2.05, 4.69) is 10.3 Å². The molecule has 1 aromatic rings. The molecule has 0 atom stereocenters. The first kappa shape index (κ1) is 21.0. The number of carbonyl (C=O) groups excluding carboxylic acids is 1. The van der Waals surface area contributed by atoms with Gasteiger partial charge in [-0.25, -0.2) is 4.68 Å². The number of aromatic nitrogens is 3. The third kappa shape index (κ3) is 10.7. The molecule has 0 fully saturated rings. The van der Waals surface area contributed by atoms with Crippen molar-refractivity contribution in [2.75, 3.05) is 45.9 Å². The van der Waals surface area contributed by atoms with E-state index in [0.29, 0.717) is 51.9 Å². The van der Waals surface area contributed by atoms with Crippen LogP contribution < -0.4 is 0 Å². The number of rotatable bonds is 14. The highest BCUT2D eigenvalue weighted by molar-refractivity contribution is 8.13. The van der Waals surface area contributed by atoms with Crippen molar-refractivity contribution in [3.8, 4) is 0 Å². The van der Waals surface area contributed by atoms with Crippen LogP contribution in [0.15, 0.2) is 6.20 Å². The number of nitrogens with zero attached hydrogens (tertiary/aromatic N) is 3. The molecular weight excluding hydrogens is 334 g/mol. The van der Waals surface area contributed by atoms with Crippen molar-refractivity contribution in [1.82, 2.24) is 15.0 Å². The summed E-state index contributed by atoms with van der Waals surface area (Å²) in [7, 11) is 0. The van der Waals surface area contributed by atoms with Crippen molar-refractivity contribution >= 4 is 16.9 Å². The summed E-state index contributed by atoms with van der Waals surface area (Å²) in [5, 5.41) is 7.86. The maximum atomic E-state index is 11.3. The molecule has 0 aliphatic heterocycles. The lowest BCUT2D eigenvalue weighted by Crippen LogP contribution is -2.13. The smallest absolute Gasteiger partial charge is 0.210 e. The fourth-order valence-corrected chi connectivity index (χ4v) is 1.90. The Bertz CT molecular complexity index is 456. The van der Waals surface area contributed by atoms with Gasteiger partial charge in [0.25, 0.3) is 0 Å². The topological polar surface area (TPSA) is 84.7 Å². The quantitative estimate of drug-likeness (QED) is 0.456. The van der Waals surface area contributed by atoms with Crippen molar-refractivity contribution in [2.45, 2.75) is 33.1 Å². The second-order valence-corrected chi connectivity index (χ2v) is 6.04. The van der Waals surface area contributed by atoms with Gasteiger partial charge < -0.3 is 18.9 Å². The number of ether oxygens (including phenoxy) is 4. The summed E-state index contributed by atoms with van der Waals surface area (Å²) in [4.78, 5) is 11.3. The fourth-order valence-electron chi connectivity index (χ4n) is 1.64. The molecule has 0 radical (unpaired) electrons. The summed E-state index contributed by atoms with van der Waals surface area (Å²) in [6.45, 7) is 7.76. The number of hydrogen-bond acceptors (Lipinski definition) is 8. The Morgan fingerprint density at radius 3 is 2.38 bits per heavy atom. The summed E-state index contributed by atoms with van der Waals surface area (Å²) in [5.74, 6) is 0. The van der Waals surface area contributed by atoms with Gasteiger partial charge in [0.05, 0.1) is 58.5 Å². The molecule has 0 amide bonds. The van der Waals surface area contributed by atoms with Crippen LogP contribution in [0.1, 0.15) is 19.5 Å².